The van der Waals surface area contributed by atoms with Crippen LogP contribution in [0.1, 0.15) is 88.1 Å². The molecule has 694 valence electrons. The Morgan fingerprint density at radius 1 is 0.226 bits per heavy atom. The molecular formula is C131H81BBr2FO11+. The van der Waals surface area contributed by atoms with Crippen molar-refractivity contribution in [1.82, 2.24) is 0 Å². The molecule has 0 fully saturated rings. The summed E-state index contributed by atoms with van der Waals surface area (Å²) in [5, 5.41) is 48.1. The Morgan fingerprint density at radius 3 is 0.925 bits per heavy atom. The van der Waals surface area contributed by atoms with Crippen molar-refractivity contribution >= 4 is 150 Å². The zero-order valence-corrected chi connectivity index (χ0v) is 80.9. The van der Waals surface area contributed by atoms with Gasteiger partial charge in [0, 0.05) is 103 Å². The van der Waals surface area contributed by atoms with Gasteiger partial charge in [-0.2, -0.15) is 0 Å². The number of ketones is 3. The van der Waals surface area contributed by atoms with Gasteiger partial charge in [-0.3, -0.25) is 14.4 Å². The van der Waals surface area contributed by atoms with Gasteiger partial charge in [0.25, 0.3) is 0 Å². The number of halogens is 3. The molecule has 0 saturated carbocycles. The van der Waals surface area contributed by atoms with Crippen LogP contribution in [0.3, 0.4) is 0 Å². The van der Waals surface area contributed by atoms with Gasteiger partial charge in [0.2, 0.25) is 0 Å². The molecule has 15 heteroatoms. The van der Waals surface area contributed by atoms with Crippen molar-refractivity contribution in [2.45, 2.75) is 11.0 Å². The summed E-state index contributed by atoms with van der Waals surface area (Å²) in [6.45, 7) is 0. The molecule has 1 spiro atoms. The van der Waals surface area contributed by atoms with E-state index in [-0.39, 0.29) is 35.4 Å². The highest BCUT2D eigenvalue weighted by Crippen LogP contribution is 2.64. The number of aliphatic hydroxyl groups is 1. The fraction of sp³-hybridized carbons (Fsp3) is 0.0153. The molecule has 0 amide bonds. The van der Waals surface area contributed by atoms with Gasteiger partial charge in [0.1, 0.15) is 61.8 Å². The molecule has 0 bridgehead atoms. The first-order valence-electron chi connectivity index (χ1n) is 48.0. The van der Waals surface area contributed by atoms with E-state index in [2.05, 4.69) is 232 Å². The van der Waals surface area contributed by atoms with Crippen LogP contribution in [0.5, 0.6) is 5.75 Å². The van der Waals surface area contributed by atoms with Crippen LogP contribution < -0.4 is 5.46 Å². The molecule has 25 aromatic rings. The maximum Gasteiger partial charge on any atom is 1.00 e. The van der Waals surface area contributed by atoms with E-state index in [9.17, 15) is 29.0 Å². The van der Waals surface area contributed by atoms with E-state index in [4.69, 9.17) is 27.7 Å². The van der Waals surface area contributed by atoms with Crippen LogP contribution in [0.2, 0.25) is 0 Å². The maximum atomic E-state index is 12.6. The molecule has 4 N–H and O–H groups in total. The first kappa shape index (κ1) is 89.8. The van der Waals surface area contributed by atoms with Crippen molar-refractivity contribution in [2.75, 3.05) is 0 Å². The van der Waals surface area contributed by atoms with Gasteiger partial charge >= 0.3 is 8.55 Å². The molecule has 0 radical (unpaired) electrons. The van der Waals surface area contributed by atoms with Crippen molar-refractivity contribution in [3.05, 3.63) is 548 Å². The van der Waals surface area contributed by atoms with Gasteiger partial charge in [0.15, 0.2) is 17.3 Å². The molecule has 21 aromatic carbocycles. The summed E-state index contributed by atoms with van der Waals surface area (Å²) in [4.78, 5) is 37.0. The van der Waals surface area contributed by atoms with E-state index in [1.807, 2.05) is 224 Å². The van der Waals surface area contributed by atoms with Gasteiger partial charge in [-0.25, -0.2) is 4.39 Å². The minimum Gasteiger partial charge on any atom is -0.507 e. The third kappa shape index (κ3) is 14.8. The molecule has 6 aliphatic rings. The normalized spacial score (nSPS) is 13.6. The largest absolute Gasteiger partial charge is 1.00 e. The number of rotatable bonds is 4. The Morgan fingerprint density at radius 2 is 0.514 bits per heavy atom. The second-order valence-electron chi connectivity index (χ2n) is 36.7. The summed E-state index contributed by atoms with van der Waals surface area (Å²) in [7, 11) is -1.72. The highest BCUT2D eigenvalue weighted by atomic mass is 79.9. The summed E-state index contributed by atoms with van der Waals surface area (Å²) in [6, 6.07) is 153. The number of hydrogen-bond acceptors (Lipinski definition) is 11. The monoisotopic (exact) mass is 2020 g/mol. The lowest BCUT2D eigenvalue weighted by molar-refractivity contribution is 0.103. The van der Waals surface area contributed by atoms with Crippen LogP contribution in [0, 0.1) is 5.82 Å². The van der Waals surface area contributed by atoms with Gasteiger partial charge in [0.05, 0.1) is 9.89 Å². The van der Waals surface area contributed by atoms with Crippen LogP contribution in [0.25, 0.3) is 177 Å². The molecule has 1 atom stereocenters. The van der Waals surface area contributed by atoms with E-state index in [0.29, 0.717) is 15.6 Å². The number of phenols is 1. The second-order valence-corrected chi connectivity index (χ2v) is 38.4. The molecule has 1 unspecified atom stereocenters. The molecule has 6 aliphatic carbocycles. The Bertz CT molecular complexity index is 9460. The zero-order valence-electron chi connectivity index (χ0n) is 78.7. The van der Waals surface area contributed by atoms with Crippen molar-refractivity contribution in [1.29, 1.82) is 0 Å². The minimum absolute atomic E-state index is 0. The number of para-hydroxylation sites is 4. The summed E-state index contributed by atoms with van der Waals surface area (Å²) in [6.07, 6.45) is 0. The predicted octanol–water partition coefficient (Wildman–Crippen LogP) is 32.1. The summed E-state index contributed by atoms with van der Waals surface area (Å²) < 4.78 is 38.6. The average molecular weight is 2020 g/mol. The van der Waals surface area contributed by atoms with Crippen LogP contribution in [0.4, 0.5) is 4.39 Å². The van der Waals surface area contributed by atoms with E-state index >= 15 is 0 Å². The molecule has 0 aliphatic heterocycles. The third-order valence-corrected chi connectivity index (χ3v) is 30.1. The number of furan rings is 4. The molecule has 31 rings (SSSR count). The molecular weight excluding hydrogens is 1940 g/mol. The van der Waals surface area contributed by atoms with Gasteiger partial charge < -0.3 is 37.9 Å². The highest BCUT2D eigenvalue weighted by molar-refractivity contribution is 9.11. The lowest BCUT2D eigenvalue weighted by atomic mass is 9.70. The quantitative estimate of drug-likeness (QED) is 0.123. The molecule has 11 nitrogen and oxygen atoms in total. The second kappa shape index (κ2) is 36.5. The van der Waals surface area contributed by atoms with Gasteiger partial charge in [-0.1, -0.05) is 380 Å². The zero-order chi connectivity index (χ0) is 98.7. The van der Waals surface area contributed by atoms with Crippen LogP contribution in [0.15, 0.2) is 488 Å². The third-order valence-electron chi connectivity index (χ3n) is 28.8. The van der Waals surface area contributed by atoms with Crippen molar-refractivity contribution in [3.8, 4) is 94.8 Å². The first-order valence-corrected chi connectivity index (χ1v) is 49.6. The number of fused-ring (bicyclic) bond motifs is 34. The summed E-state index contributed by atoms with van der Waals surface area (Å²) in [5.74, 6) is -0.350. The van der Waals surface area contributed by atoms with Crippen molar-refractivity contribution in [3.63, 3.8) is 0 Å². The Balaban J connectivity index is 0.0000000947. The number of carbonyl (C=O) groups excluding carboxylic acids is 3. The highest BCUT2D eigenvalue weighted by Gasteiger charge is 2.52. The summed E-state index contributed by atoms with van der Waals surface area (Å²) in [5.41, 5.74) is 35.3. The van der Waals surface area contributed by atoms with Crippen LogP contribution >= 0.6 is 31.9 Å². The smallest absolute Gasteiger partial charge is 0.507 e. The van der Waals surface area contributed by atoms with Crippen molar-refractivity contribution < 1.29 is 58.1 Å². The number of hydrogen-bond donors (Lipinski definition) is 4. The lowest BCUT2D eigenvalue weighted by Crippen LogP contribution is -2.32. The number of phenolic OH excluding ortho intramolecular Hbond substituents is 1. The fourth-order valence-corrected chi connectivity index (χ4v) is 23.1. The molecule has 146 heavy (non-hydrogen) atoms. The standard InChI is InChI=1S/C31H20O2.C31H18O.2C19H10O2.C13H7BrO2.C12H9Br.C6H6BFO2/c32-31(26-15-7-4-12-21(26)20-10-2-1-3-11-20)27-16-8-5-13-22(27)24-18-25-23-14-6-9-17-29(23)33-30(25)19-28(24)31;1-5-13-25-19(9-1)20-10-2-6-14-26(20)31(25)27-15-7-3-11-21(27)23-17-24-22-12-4-8-16-29(22)32-30(24)18-28(23)31;2*20-19-13-7-2-1-5-11(13)14-9-15-12-6-3-4-8-17(12)21-18(15)10-16(14)19;14-11-5-9-7-3-1-2-4-8(7)13(16)10(9)6-12(11)15;13-12-9-5-4-8-11(12)10-6-2-1-3-7-10;8-6-4-2-1-3-5(6)7(9)10/h1-19,32H;1-18H;2*1-10H;1-6,15H;1-9H;1-4,9-10H/p+1. The maximum absolute atomic E-state index is 12.6. The topological polar surface area (TPSA) is 185 Å². The number of benzene rings is 21. The number of aromatic hydroxyl groups is 1. The predicted molar refractivity (Wildman–Crippen MR) is 590 cm³/mol. The lowest BCUT2D eigenvalue weighted by Gasteiger charge is -2.30. The number of carbonyl (C=O) groups is 3. The Labute approximate surface area is 855 Å². The van der Waals surface area contributed by atoms with E-state index in [1.54, 1.807) is 6.07 Å². The Kier molecular flexibility index (Phi) is 22.4. The molecule has 0 saturated heterocycles. The first-order chi connectivity index (χ1) is 71.5. The van der Waals surface area contributed by atoms with Gasteiger partial charge in [-0.15, -0.1) is 0 Å². The van der Waals surface area contributed by atoms with E-state index < -0.39 is 18.5 Å². The van der Waals surface area contributed by atoms with Crippen LogP contribution in [-0.2, 0) is 11.0 Å². The summed E-state index contributed by atoms with van der Waals surface area (Å²) >= 11 is 6.79. The minimum atomic E-state index is -1.72. The average Bonchev–Trinajstić information content (AvgIpc) is 1.50. The fourth-order valence-electron chi connectivity index (χ4n) is 22.3. The van der Waals surface area contributed by atoms with Crippen LogP contribution in [-0.4, -0.2) is 44.7 Å². The van der Waals surface area contributed by atoms with Crippen molar-refractivity contribution in [2.24, 2.45) is 0 Å². The molecule has 4 heterocycles. The molecule has 4 aromatic heterocycles. The van der Waals surface area contributed by atoms with E-state index in [1.165, 1.54) is 96.7 Å². The Hall–Kier alpha value is -17.5. The van der Waals surface area contributed by atoms with E-state index in [0.717, 1.165) is 176 Å². The van der Waals surface area contributed by atoms with Gasteiger partial charge in [-0.05, 0) is 224 Å². The SMILES string of the molecule is Brc1ccccc1-c1ccccc1.O=C1c2ccccc2-c2cc(Br)c(O)cc21.O=C1c2ccccc2-c2cc3c(cc21)oc1ccccc13.O=C1c2ccccc2-c2cc3c(cc21)oc1ccccc13.OB(O)c1ccccc1F.OC1(c2ccccc2-c2ccccc2)c2ccccc2-c2cc3c(cc21)oc1ccccc13.[H+].c1ccc2c(c1)-c1ccccc1C21c2ccccc2-c2cc3c(cc21)oc1ccccc13.